The van der Waals surface area contributed by atoms with E-state index < -0.39 is 60.2 Å². The van der Waals surface area contributed by atoms with Crippen LogP contribution in [0.2, 0.25) is 0 Å². The number of methoxy groups -OCH3 is 1. The fourth-order valence-electron chi connectivity index (χ4n) is 5.27. The van der Waals surface area contributed by atoms with Crippen molar-refractivity contribution < 1.29 is 52.7 Å². The molecule has 1 saturated heterocycles. The van der Waals surface area contributed by atoms with Gasteiger partial charge in [0.1, 0.15) is 5.75 Å². The largest absolute Gasteiger partial charge is 0.467 e. The molecular weight excluding hydrogens is 514 g/mol. The summed E-state index contributed by atoms with van der Waals surface area (Å²) in [6.07, 6.45) is -3.05. The Morgan fingerprint density at radius 2 is 1.46 bits per heavy atom. The number of ether oxygens (including phenoxy) is 6. The molecule has 2 fully saturated rings. The van der Waals surface area contributed by atoms with Gasteiger partial charge >= 0.3 is 23.9 Å². The highest BCUT2D eigenvalue weighted by Gasteiger charge is 2.55. The van der Waals surface area contributed by atoms with Gasteiger partial charge in [0.15, 0.2) is 18.3 Å². The third-order valence-corrected chi connectivity index (χ3v) is 6.97. The number of nitrogens with two attached hydrogens (primary N) is 1. The van der Waals surface area contributed by atoms with Crippen molar-refractivity contribution in [2.24, 2.45) is 5.73 Å². The van der Waals surface area contributed by atoms with Gasteiger partial charge in [-0.25, -0.2) is 4.79 Å². The van der Waals surface area contributed by atoms with Crippen LogP contribution in [0.3, 0.4) is 0 Å². The van der Waals surface area contributed by atoms with Crippen LogP contribution in [-0.2, 0) is 42.9 Å². The van der Waals surface area contributed by atoms with Crippen LogP contribution in [0.1, 0.15) is 64.4 Å². The Morgan fingerprint density at radius 1 is 0.923 bits per heavy atom. The summed E-state index contributed by atoms with van der Waals surface area (Å²) in [6.45, 7) is 3.61. The quantitative estimate of drug-likeness (QED) is 0.335. The maximum atomic E-state index is 12.6. The molecule has 1 heterocycles. The molecule has 12 nitrogen and oxygen atoms in total. The molecule has 6 atom stereocenters. The SMILES string of the molecule is COC(=O)[C@H]1O[C@@H](Oc2ccc(C(CN)C3(O)CCCCC3)cc2)[C@H](OC(C)=O)[C@@H](OC(C)=O)[C@@H]1OC(C)=O. The Labute approximate surface area is 227 Å². The summed E-state index contributed by atoms with van der Waals surface area (Å²) in [5, 5.41) is 11.2. The molecule has 3 rings (SSSR count). The lowest BCUT2D eigenvalue weighted by molar-refractivity contribution is -0.282. The Morgan fingerprint density at radius 3 is 1.97 bits per heavy atom. The Hall–Kier alpha value is -3.22. The Bertz CT molecular complexity index is 1020. The smallest absolute Gasteiger partial charge is 0.339 e. The Balaban J connectivity index is 1.92. The van der Waals surface area contributed by atoms with Gasteiger partial charge in [-0.05, 0) is 30.5 Å². The van der Waals surface area contributed by atoms with Gasteiger partial charge in [0, 0.05) is 33.2 Å². The average molecular weight is 552 g/mol. The van der Waals surface area contributed by atoms with Gasteiger partial charge in [0.2, 0.25) is 12.4 Å². The molecule has 3 N–H and O–H groups in total. The minimum Gasteiger partial charge on any atom is -0.467 e. The molecular formula is C27H37NO11. The molecule has 0 aromatic heterocycles. The molecule has 39 heavy (non-hydrogen) atoms. The molecule has 1 unspecified atom stereocenters. The number of carbonyl (C=O) groups is 4. The summed E-state index contributed by atoms with van der Waals surface area (Å²) in [5.41, 5.74) is 5.99. The van der Waals surface area contributed by atoms with Crippen molar-refractivity contribution in [2.45, 2.75) is 95.1 Å². The van der Waals surface area contributed by atoms with Crippen LogP contribution < -0.4 is 10.5 Å². The number of hydrogen-bond acceptors (Lipinski definition) is 12. The number of hydrogen-bond donors (Lipinski definition) is 2. The van der Waals surface area contributed by atoms with Crippen molar-refractivity contribution in [1.29, 1.82) is 0 Å². The first-order valence-corrected chi connectivity index (χ1v) is 12.9. The molecule has 216 valence electrons. The minimum atomic E-state index is -1.55. The predicted molar refractivity (Wildman–Crippen MR) is 134 cm³/mol. The molecule has 0 spiro atoms. The molecule has 0 bridgehead atoms. The summed E-state index contributed by atoms with van der Waals surface area (Å²) in [5.74, 6) is -3.25. The van der Waals surface area contributed by atoms with Crippen LogP contribution in [0.5, 0.6) is 5.75 Å². The number of benzene rings is 1. The number of aliphatic hydroxyl groups is 1. The lowest BCUT2D eigenvalue weighted by atomic mass is 9.73. The minimum absolute atomic E-state index is 0.263. The van der Waals surface area contributed by atoms with Crippen LogP contribution in [-0.4, -0.2) is 78.9 Å². The summed E-state index contributed by atoms with van der Waals surface area (Å²) in [6, 6.07) is 6.80. The first kappa shape index (κ1) is 30.3. The standard InChI is InChI=1S/C27H37NO11/c1-15(29)35-21-22(36-16(2)30)24(37-17(3)31)26(39-23(21)25(32)34-4)38-19-10-8-18(9-11-19)20(14-28)27(33)12-6-5-7-13-27/h8-11,20-24,26,33H,5-7,12-14,28H2,1-4H3/t20?,21-,22-,23-,24+,26+/m0/s1. The number of rotatable bonds is 9. The van der Waals surface area contributed by atoms with E-state index in [1.807, 2.05) is 0 Å². The first-order chi connectivity index (χ1) is 18.5. The average Bonchev–Trinajstić information content (AvgIpc) is 2.87. The fraction of sp³-hybridized carbons (Fsp3) is 0.630. The number of carbonyl (C=O) groups excluding carboxylic acids is 4. The van der Waals surface area contributed by atoms with Gasteiger partial charge in [-0.1, -0.05) is 31.4 Å². The van der Waals surface area contributed by atoms with Crippen molar-refractivity contribution in [3.05, 3.63) is 29.8 Å². The first-order valence-electron chi connectivity index (χ1n) is 12.9. The van der Waals surface area contributed by atoms with Gasteiger partial charge in [0.25, 0.3) is 0 Å². The highest BCUT2D eigenvalue weighted by Crippen LogP contribution is 2.40. The second-order valence-corrected chi connectivity index (χ2v) is 9.81. The van der Waals surface area contributed by atoms with Crippen molar-refractivity contribution in [2.75, 3.05) is 13.7 Å². The lowest BCUT2D eigenvalue weighted by Gasteiger charge is -2.43. The van der Waals surface area contributed by atoms with E-state index >= 15 is 0 Å². The third kappa shape index (κ3) is 7.46. The maximum Gasteiger partial charge on any atom is 0.339 e. The van der Waals surface area contributed by atoms with E-state index in [1.54, 1.807) is 24.3 Å². The van der Waals surface area contributed by atoms with Gasteiger partial charge in [0.05, 0.1) is 12.7 Å². The van der Waals surface area contributed by atoms with E-state index in [0.717, 1.165) is 52.7 Å². The van der Waals surface area contributed by atoms with E-state index in [4.69, 9.17) is 34.2 Å². The highest BCUT2D eigenvalue weighted by molar-refractivity contribution is 5.77. The van der Waals surface area contributed by atoms with E-state index in [2.05, 4.69) is 0 Å². The summed E-state index contributed by atoms with van der Waals surface area (Å²) < 4.78 is 32.5. The second-order valence-electron chi connectivity index (χ2n) is 9.81. The third-order valence-electron chi connectivity index (χ3n) is 6.97. The maximum absolute atomic E-state index is 12.6. The van der Waals surface area contributed by atoms with E-state index in [-0.39, 0.29) is 18.2 Å². The molecule has 12 heteroatoms. The van der Waals surface area contributed by atoms with Gasteiger partial charge in [-0.3, -0.25) is 14.4 Å². The molecule has 1 saturated carbocycles. The van der Waals surface area contributed by atoms with Crippen LogP contribution in [0.4, 0.5) is 0 Å². The lowest BCUT2D eigenvalue weighted by Crippen LogP contribution is -2.64. The summed E-state index contributed by atoms with van der Waals surface area (Å²) in [7, 11) is 1.11. The molecule has 0 amide bonds. The molecule has 1 aromatic carbocycles. The monoisotopic (exact) mass is 551 g/mol. The fourth-order valence-corrected chi connectivity index (χ4v) is 5.27. The van der Waals surface area contributed by atoms with Crippen molar-refractivity contribution in [1.82, 2.24) is 0 Å². The van der Waals surface area contributed by atoms with Gasteiger partial charge in [-0.15, -0.1) is 0 Å². The highest BCUT2D eigenvalue weighted by atomic mass is 16.7. The van der Waals surface area contributed by atoms with Crippen molar-refractivity contribution in [3.8, 4) is 5.75 Å². The normalized spacial score (nSPS) is 27.0. The molecule has 0 radical (unpaired) electrons. The molecule has 1 aliphatic heterocycles. The van der Waals surface area contributed by atoms with E-state index in [0.29, 0.717) is 12.8 Å². The van der Waals surface area contributed by atoms with E-state index in [1.165, 1.54) is 0 Å². The van der Waals surface area contributed by atoms with Gasteiger partial charge < -0.3 is 39.3 Å². The number of esters is 4. The Kier molecular flexibility index (Phi) is 10.3. The topological polar surface area (TPSA) is 170 Å². The summed E-state index contributed by atoms with van der Waals surface area (Å²) >= 11 is 0. The van der Waals surface area contributed by atoms with Crippen LogP contribution in [0, 0.1) is 0 Å². The second kappa shape index (κ2) is 13.2. The van der Waals surface area contributed by atoms with Crippen molar-refractivity contribution >= 4 is 23.9 Å². The zero-order valence-corrected chi connectivity index (χ0v) is 22.6. The van der Waals surface area contributed by atoms with Crippen LogP contribution in [0.15, 0.2) is 24.3 Å². The zero-order chi connectivity index (χ0) is 28.7. The molecule has 1 aliphatic carbocycles. The van der Waals surface area contributed by atoms with Crippen LogP contribution in [0.25, 0.3) is 0 Å². The zero-order valence-electron chi connectivity index (χ0n) is 22.6. The molecule has 1 aromatic rings. The predicted octanol–water partition coefficient (Wildman–Crippen LogP) is 1.50. The van der Waals surface area contributed by atoms with E-state index in [9.17, 15) is 24.3 Å². The van der Waals surface area contributed by atoms with Crippen molar-refractivity contribution in [3.63, 3.8) is 0 Å². The van der Waals surface area contributed by atoms with Crippen LogP contribution >= 0.6 is 0 Å². The molecule has 2 aliphatic rings. The summed E-state index contributed by atoms with van der Waals surface area (Å²) in [4.78, 5) is 48.3. The van der Waals surface area contributed by atoms with Gasteiger partial charge in [-0.2, -0.15) is 0 Å².